The fraction of sp³-hybridized carbons (Fsp3) is 0.444. The standard InChI is InChI=1S/C18H21ClN2O2S/c1-23-16-8-7-12(9-13(16)11-19)10-15-17(22)21(18(24)20-15)14-5-3-2-4-6-14/h7-10,14H,2-6,11H2,1H3,(H,20,24)/b15-10+. The fourth-order valence-electron chi connectivity index (χ4n) is 3.38. The smallest absolute Gasteiger partial charge is 0.276 e. The molecule has 1 N–H and O–H groups in total. The number of halogens is 1. The predicted molar refractivity (Wildman–Crippen MR) is 100.0 cm³/mol. The number of amides is 1. The van der Waals surface area contributed by atoms with Gasteiger partial charge in [0.05, 0.1) is 13.0 Å². The molecule has 0 bridgehead atoms. The number of ether oxygens (including phenoxy) is 1. The van der Waals surface area contributed by atoms with Crippen LogP contribution in [0.4, 0.5) is 0 Å². The molecule has 2 fully saturated rings. The number of thiocarbonyl (C=S) groups is 1. The quantitative estimate of drug-likeness (QED) is 0.501. The Balaban J connectivity index is 1.83. The first-order chi connectivity index (χ1) is 11.6. The van der Waals surface area contributed by atoms with Gasteiger partial charge in [-0.25, -0.2) is 0 Å². The largest absolute Gasteiger partial charge is 0.496 e. The van der Waals surface area contributed by atoms with Crippen molar-refractivity contribution in [3.8, 4) is 5.75 Å². The van der Waals surface area contributed by atoms with Crippen molar-refractivity contribution in [3.05, 3.63) is 35.0 Å². The molecule has 4 nitrogen and oxygen atoms in total. The van der Waals surface area contributed by atoms with Gasteiger partial charge < -0.3 is 10.1 Å². The Morgan fingerprint density at radius 1 is 1.38 bits per heavy atom. The molecule has 0 aromatic heterocycles. The minimum atomic E-state index is -0.0323. The van der Waals surface area contributed by atoms with Crippen LogP contribution >= 0.6 is 23.8 Å². The van der Waals surface area contributed by atoms with Gasteiger partial charge in [-0.05, 0) is 48.8 Å². The Hall–Kier alpha value is -1.59. The van der Waals surface area contributed by atoms with Crippen molar-refractivity contribution in [2.45, 2.75) is 44.0 Å². The first kappa shape index (κ1) is 17.2. The highest BCUT2D eigenvalue weighted by molar-refractivity contribution is 7.80. The summed E-state index contributed by atoms with van der Waals surface area (Å²) in [4.78, 5) is 14.5. The molecule has 0 radical (unpaired) electrons. The van der Waals surface area contributed by atoms with E-state index in [0.717, 1.165) is 42.6 Å². The number of hydrogen-bond acceptors (Lipinski definition) is 3. The van der Waals surface area contributed by atoms with Crippen LogP contribution in [0.25, 0.3) is 6.08 Å². The van der Waals surface area contributed by atoms with Gasteiger partial charge in [0.25, 0.3) is 5.91 Å². The predicted octanol–water partition coefficient (Wildman–Crippen LogP) is 3.82. The summed E-state index contributed by atoms with van der Waals surface area (Å²) in [6, 6.07) is 5.93. The minimum absolute atomic E-state index is 0.0323. The van der Waals surface area contributed by atoms with Crippen LogP contribution in [0.5, 0.6) is 5.75 Å². The van der Waals surface area contributed by atoms with Crippen LogP contribution in [-0.2, 0) is 10.7 Å². The van der Waals surface area contributed by atoms with E-state index in [9.17, 15) is 4.79 Å². The molecule has 24 heavy (non-hydrogen) atoms. The lowest BCUT2D eigenvalue weighted by molar-refractivity contribution is -0.124. The van der Waals surface area contributed by atoms with Gasteiger partial charge in [-0.2, -0.15) is 0 Å². The first-order valence-electron chi connectivity index (χ1n) is 8.23. The summed E-state index contributed by atoms with van der Waals surface area (Å²) in [6.07, 6.45) is 7.45. The molecule has 3 rings (SSSR count). The van der Waals surface area contributed by atoms with Gasteiger partial charge in [0, 0.05) is 11.6 Å². The molecule has 1 amide bonds. The van der Waals surface area contributed by atoms with Gasteiger partial charge in [0.15, 0.2) is 5.11 Å². The van der Waals surface area contributed by atoms with Crippen LogP contribution in [0.1, 0.15) is 43.2 Å². The molecular formula is C18H21ClN2O2S. The zero-order chi connectivity index (χ0) is 17.1. The van der Waals surface area contributed by atoms with Crippen LogP contribution < -0.4 is 10.1 Å². The van der Waals surface area contributed by atoms with Gasteiger partial charge >= 0.3 is 0 Å². The molecule has 1 heterocycles. The van der Waals surface area contributed by atoms with Crippen molar-refractivity contribution in [3.63, 3.8) is 0 Å². The Kier molecular flexibility index (Phi) is 5.41. The number of hydrogen-bond donors (Lipinski definition) is 1. The molecule has 1 saturated heterocycles. The number of alkyl halides is 1. The zero-order valence-electron chi connectivity index (χ0n) is 13.7. The van der Waals surface area contributed by atoms with Crippen molar-refractivity contribution >= 4 is 40.9 Å². The second-order valence-corrected chi connectivity index (χ2v) is 6.81. The third-order valence-corrected chi connectivity index (χ3v) is 5.20. The summed E-state index contributed by atoms with van der Waals surface area (Å²) in [5.74, 6) is 1.07. The van der Waals surface area contributed by atoms with Gasteiger partial charge in [0.2, 0.25) is 0 Å². The lowest BCUT2D eigenvalue weighted by Crippen LogP contribution is -2.41. The van der Waals surface area contributed by atoms with E-state index in [0.29, 0.717) is 16.7 Å². The summed E-state index contributed by atoms with van der Waals surface area (Å²) >= 11 is 11.4. The van der Waals surface area contributed by atoms with Gasteiger partial charge in [-0.1, -0.05) is 25.3 Å². The van der Waals surface area contributed by atoms with E-state index in [4.69, 9.17) is 28.6 Å². The van der Waals surface area contributed by atoms with E-state index in [1.807, 2.05) is 24.3 Å². The molecule has 6 heteroatoms. The third-order valence-electron chi connectivity index (χ3n) is 4.61. The summed E-state index contributed by atoms with van der Waals surface area (Å²) in [5.41, 5.74) is 2.32. The molecule has 0 unspecified atom stereocenters. The SMILES string of the molecule is COc1ccc(/C=C2/NC(=S)N(C3CCCCC3)C2=O)cc1CCl. The second kappa shape index (κ2) is 7.53. The first-order valence-corrected chi connectivity index (χ1v) is 9.17. The molecule has 1 aromatic rings. The Labute approximate surface area is 152 Å². The monoisotopic (exact) mass is 364 g/mol. The number of nitrogens with zero attached hydrogens (tertiary/aromatic N) is 1. The minimum Gasteiger partial charge on any atom is -0.496 e. The molecule has 0 spiro atoms. The number of nitrogens with one attached hydrogen (secondary N) is 1. The lowest BCUT2D eigenvalue weighted by atomic mass is 9.94. The molecule has 128 valence electrons. The maximum absolute atomic E-state index is 12.8. The van der Waals surface area contributed by atoms with E-state index in [1.165, 1.54) is 6.42 Å². The molecule has 0 atom stereocenters. The summed E-state index contributed by atoms with van der Waals surface area (Å²) in [5, 5.41) is 3.59. The summed E-state index contributed by atoms with van der Waals surface area (Å²) < 4.78 is 5.28. The van der Waals surface area contributed by atoms with Crippen LogP contribution in [0.2, 0.25) is 0 Å². The van der Waals surface area contributed by atoms with Crippen LogP contribution in [0, 0.1) is 0 Å². The van der Waals surface area contributed by atoms with E-state index in [2.05, 4.69) is 5.32 Å². The maximum Gasteiger partial charge on any atom is 0.276 e. The summed E-state index contributed by atoms with van der Waals surface area (Å²) in [7, 11) is 1.62. The molecule has 2 aliphatic rings. The maximum atomic E-state index is 12.8. The normalized spacial score (nSPS) is 20.6. The topological polar surface area (TPSA) is 41.6 Å². The number of carbonyl (C=O) groups is 1. The molecular weight excluding hydrogens is 344 g/mol. The van der Waals surface area contributed by atoms with Gasteiger partial charge in [-0.15, -0.1) is 11.6 Å². The number of carbonyl (C=O) groups excluding carboxylic acids is 1. The number of rotatable bonds is 4. The van der Waals surface area contributed by atoms with Crippen molar-refractivity contribution < 1.29 is 9.53 Å². The van der Waals surface area contributed by atoms with Crippen molar-refractivity contribution in [2.24, 2.45) is 0 Å². The molecule has 1 aliphatic heterocycles. The molecule has 1 aliphatic carbocycles. The van der Waals surface area contributed by atoms with E-state index < -0.39 is 0 Å². The van der Waals surface area contributed by atoms with Crippen LogP contribution in [0.15, 0.2) is 23.9 Å². The third kappa shape index (κ3) is 3.42. The van der Waals surface area contributed by atoms with Crippen molar-refractivity contribution in [1.29, 1.82) is 0 Å². The van der Waals surface area contributed by atoms with Crippen molar-refractivity contribution in [1.82, 2.24) is 10.2 Å². The highest BCUT2D eigenvalue weighted by Crippen LogP contribution is 2.28. The Morgan fingerprint density at radius 3 is 2.79 bits per heavy atom. The second-order valence-electron chi connectivity index (χ2n) is 6.16. The fourth-order valence-corrected chi connectivity index (χ4v) is 3.93. The average Bonchev–Trinajstić information content (AvgIpc) is 2.89. The highest BCUT2D eigenvalue weighted by Gasteiger charge is 2.36. The zero-order valence-corrected chi connectivity index (χ0v) is 15.3. The highest BCUT2D eigenvalue weighted by atomic mass is 35.5. The van der Waals surface area contributed by atoms with Gasteiger partial charge in [0.1, 0.15) is 11.4 Å². The summed E-state index contributed by atoms with van der Waals surface area (Å²) in [6.45, 7) is 0. The lowest BCUT2D eigenvalue weighted by Gasteiger charge is -2.29. The van der Waals surface area contributed by atoms with E-state index in [1.54, 1.807) is 12.0 Å². The number of methoxy groups -OCH3 is 1. The Morgan fingerprint density at radius 2 is 2.12 bits per heavy atom. The van der Waals surface area contributed by atoms with Crippen molar-refractivity contribution in [2.75, 3.05) is 7.11 Å². The average molecular weight is 365 g/mol. The Bertz CT molecular complexity index is 684. The van der Waals surface area contributed by atoms with E-state index in [-0.39, 0.29) is 11.9 Å². The van der Waals surface area contributed by atoms with Crippen LogP contribution in [-0.4, -0.2) is 29.1 Å². The molecule has 1 saturated carbocycles. The van der Waals surface area contributed by atoms with Crippen LogP contribution in [0.3, 0.4) is 0 Å². The van der Waals surface area contributed by atoms with E-state index >= 15 is 0 Å². The van der Waals surface area contributed by atoms with Gasteiger partial charge in [-0.3, -0.25) is 9.69 Å². The number of benzene rings is 1. The molecule has 1 aromatic carbocycles.